The molecule has 3 unspecified atom stereocenters. The molecule has 1 saturated carbocycles. The summed E-state index contributed by atoms with van der Waals surface area (Å²) in [6.45, 7) is 0.844. The Balaban J connectivity index is 1.84. The molecule has 2 fully saturated rings. The van der Waals surface area contributed by atoms with Crippen molar-refractivity contribution in [1.29, 1.82) is 0 Å². The molecular formula is C15H21NO2S. The van der Waals surface area contributed by atoms with Crippen LogP contribution in [0.4, 0.5) is 0 Å². The van der Waals surface area contributed by atoms with E-state index in [1.807, 2.05) is 18.2 Å². The van der Waals surface area contributed by atoms with Crippen LogP contribution in [0.3, 0.4) is 0 Å². The molecule has 1 heterocycles. The van der Waals surface area contributed by atoms with Gasteiger partial charge in [0.25, 0.3) is 0 Å². The Morgan fingerprint density at radius 3 is 2.68 bits per heavy atom. The van der Waals surface area contributed by atoms with Crippen LogP contribution >= 0.6 is 0 Å². The molecule has 3 rings (SSSR count). The van der Waals surface area contributed by atoms with Gasteiger partial charge in [0, 0.05) is 6.04 Å². The van der Waals surface area contributed by atoms with E-state index in [9.17, 15) is 8.42 Å². The molecule has 1 aliphatic heterocycles. The Bertz CT molecular complexity index is 526. The van der Waals surface area contributed by atoms with Crippen LogP contribution in [0, 0.1) is 0 Å². The van der Waals surface area contributed by atoms with Gasteiger partial charge in [-0.25, -0.2) is 8.42 Å². The highest BCUT2D eigenvalue weighted by atomic mass is 32.2. The summed E-state index contributed by atoms with van der Waals surface area (Å²) in [5, 5.41) is 3.25. The van der Waals surface area contributed by atoms with Crippen molar-refractivity contribution in [2.45, 2.75) is 42.9 Å². The van der Waals surface area contributed by atoms with Crippen LogP contribution in [0.5, 0.6) is 0 Å². The fourth-order valence-electron chi connectivity index (χ4n) is 3.50. The van der Waals surface area contributed by atoms with Crippen molar-refractivity contribution in [3.05, 3.63) is 35.9 Å². The minimum Gasteiger partial charge on any atom is -0.313 e. The molecule has 0 bridgehead atoms. The van der Waals surface area contributed by atoms with Crippen molar-refractivity contribution in [3.8, 4) is 0 Å². The standard InChI is InChI=1S/C15H21NO2S/c17-19(18)10-4-9-16-14-8-7-13(11-15(14)19)12-5-2-1-3-6-12/h1-3,5-6,13-16H,4,7-11H2. The highest BCUT2D eigenvalue weighted by Gasteiger charge is 2.40. The van der Waals surface area contributed by atoms with Crippen LogP contribution in [0.2, 0.25) is 0 Å². The smallest absolute Gasteiger partial charge is 0.154 e. The fourth-order valence-corrected chi connectivity index (χ4v) is 5.61. The van der Waals surface area contributed by atoms with Gasteiger partial charge in [0.15, 0.2) is 9.84 Å². The number of nitrogens with one attached hydrogen (secondary N) is 1. The molecule has 1 aromatic rings. The molecule has 2 aliphatic rings. The van der Waals surface area contributed by atoms with E-state index in [4.69, 9.17) is 0 Å². The summed E-state index contributed by atoms with van der Waals surface area (Å²) < 4.78 is 24.7. The van der Waals surface area contributed by atoms with E-state index in [0.29, 0.717) is 11.7 Å². The summed E-state index contributed by atoms with van der Waals surface area (Å²) in [6, 6.07) is 10.5. The second-order valence-electron chi connectivity index (χ2n) is 5.74. The van der Waals surface area contributed by atoms with Gasteiger partial charge in [-0.2, -0.15) is 0 Å². The lowest BCUT2D eigenvalue weighted by molar-refractivity contribution is 0.350. The largest absolute Gasteiger partial charge is 0.313 e. The number of hydrogen-bond donors (Lipinski definition) is 1. The van der Waals surface area contributed by atoms with E-state index < -0.39 is 9.84 Å². The average Bonchev–Trinajstić information content (AvgIpc) is 2.58. The predicted molar refractivity (Wildman–Crippen MR) is 77.0 cm³/mol. The molecule has 1 saturated heterocycles. The molecule has 3 nitrogen and oxygen atoms in total. The van der Waals surface area contributed by atoms with Gasteiger partial charge in [0.1, 0.15) is 0 Å². The fraction of sp³-hybridized carbons (Fsp3) is 0.600. The molecule has 3 atom stereocenters. The highest BCUT2D eigenvalue weighted by molar-refractivity contribution is 7.92. The molecule has 0 spiro atoms. The predicted octanol–water partition coefficient (Wildman–Crippen LogP) is 2.10. The Morgan fingerprint density at radius 1 is 1.11 bits per heavy atom. The molecule has 1 aliphatic carbocycles. The zero-order valence-electron chi connectivity index (χ0n) is 11.1. The van der Waals surface area contributed by atoms with E-state index in [1.54, 1.807) is 0 Å². The van der Waals surface area contributed by atoms with Crippen molar-refractivity contribution >= 4 is 9.84 Å². The van der Waals surface area contributed by atoms with Crippen molar-refractivity contribution in [3.63, 3.8) is 0 Å². The van der Waals surface area contributed by atoms with E-state index in [2.05, 4.69) is 17.4 Å². The van der Waals surface area contributed by atoms with E-state index in [0.717, 1.165) is 32.2 Å². The van der Waals surface area contributed by atoms with Gasteiger partial charge in [0.05, 0.1) is 11.0 Å². The van der Waals surface area contributed by atoms with Gasteiger partial charge >= 0.3 is 0 Å². The molecule has 0 radical (unpaired) electrons. The summed E-state index contributed by atoms with van der Waals surface area (Å²) in [6.07, 6.45) is 3.60. The van der Waals surface area contributed by atoms with Gasteiger partial charge in [0.2, 0.25) is 0 Å². The normalized spacial score (nSPS) is 34.2. The average molecular weight is 279 g/mol. The maximum Gasteiger partial charge on any atom is 0.154 e. The summed E-state index contributed by atoms with van der Waals surface area (Å²) >= 11 is 0. The van der Waals surface area contributed by atoms with Crippen molar-refractivity contribution in [1.82, 2.24) is 5.32 Å². The second-order valence-corrected chi connectivity index (χ2v) is 8.08. The van der Waals surface area contributed by atoms with E-state index in [-0.39, 0.29) is 11.3 Å². The van der Waals surface area contributed by atoms with Gasteiger partial charge in [-0.1, -0.05) is 30.3 Å². The maximum absolute atomic E-state index is 12.4. The van der Waals surface area contributed by atoms with Gasteiger partial charge < -0.3 is 5.32 Å². The SMILES string of the molecule is O=S1(=O)CCCNC2CCC(c3ccccc3)CC21. The van der Waals surface area contributed by atoms with Crippen molar-refractivity contribution in [2.75, 3.05) is 12.3 Å². The Morgan fingerprint density at radius 2 is 1.89 bits per heavy atom. The summed E-state index contributed by atoms with van der Waals surface area (Å²) in [5.41, 5.74) is 1.29. The molecule has 0 amide bonds. The first-order chi connectivity index (χ1) is 9.17. The zero-order chi connectivity index (χ0) is 13.3. The highest BCUT2D eigenvalue weighted by Crippen LogP contribution is 2.37. The van der Waals surface area contributed by atoms with Crippen LogP contribution in [0.25, 0.3) is 0 Å². The topological polar surface area (TPSA) is 46.2 Å². The Labute approximate surface area is 115 Å². The first kappa shape index (κ1) is 13.1. The molecule has 104 valence electrons. The second kappa shape index (κ2) is 5.25. The molecule has 4 heteroatoms. The Hall–Kier alpha value is -0.870. The maximum atomic E-state index is 12.4. The van der Waals surface area contributed by atoms with Gasteiger partial charge in [-0.15, -0.1) is 0 Å². The van der Waals surface area contributed by atoms with Crippen molar-refractivity contribution in [2.24, 2.45) is 0 Å². The minimum absolute atomic E-state index is 0.174. The third-order valence-corrected chi connectivity index (χ3v) is 6.84. The third-order valence-electron chi connectivity index (χ3n) is 4.54. The van der Waals surface area contributed by atoms with Crippen molar-refractivity contribution < 1.29 is 8.42 Å². The third kappa shape index (κ3) is 2.70. The first-order valence-electron chi connectivity index (χ1n) is 7.17. The lowest BCUT2D eigenvalue weighted by atomic mass is 9.81. The van der Waals surface area contributed by atoms with Crippen LogP contribution < -0.4 is 5.32 Å². The number of sulfone groups is 1. The summed E-state index contributed by atoms with van der Waals surface area (Å²) in [4.78, 5) is 0. The van der Waals surface area contributed by atoms with E-state index >= 15 is 0 Å². The van der Waals surface area contributed by atoms with Crippen LogP contribution in [0.15, 0.2) is 30.3 Å². The Kier molecular flexibility index (Phi) is 3.63. The number of hydrogen-bond acceptors (Lipinski definition) is 3. The molecule has 1 N–H and O–H groups in total. The van der Waals surface area contributed by atoms with E-state index in [1.165, 1.54) is 5.56 Å². The monoisotopic (exact) mass is 279 g/mol. The summed E-state index contributed by atoms with van der Waals surface area (Å²) in [7, 11) is -2.92. The lowest BCUT2D eigenvalue weighted by Crippen LogP contribution is -2.46. The summed E-state index contributed by atoms with van der Waals surface area (Å²) in [5.74, 6) is 0.750. The number of rotatable bonds is 1. The molecule has 1 aromatic carbocycles. The number of benzene rings is 1. The molecular weight excluding hydrogens is 258 g/mol. The molecule has 0 aromatic heterocycles. The van der Waals surface area contributed by atoms with Gasteiger partial charge in [-0.05, 0) is 43.7 Å². The van der Waals surface area contributed by atoms with Crippen LogP contribution in [0.1, 0.15) is 37.2 Å². The number of fused-ring (bicyclic) bond motifs is 1. The molecule has 19 heavy (non-hydrogen) atoms. The van der Waals surface area contributed by atoms with Gasteiger partial charge in [-0.3, -0.25) is 0 Å². The van der Waals surface area contributed by atoms with Crippen LogP contribution in [-0.2, 0) is 9.84 Å². The first-order valence-corrected chi connectivity index (χ1v) is 8.88. The minimum atomic E-state index is -2.92. The van der Waals surface area contributed by atoms with Crippen LogP contribution in [-0.4, -0.2) is 32.0 Å². The zero-order valence-corrected chi connectivity index (χ0v) is 11.9. The quantitative estimate of drug-likeness (QED) is 0.856. The lowest BCUT2D eigenvalue weighted by Gasteiger charge is -2.35.